The second kappa shape index (κ2) is 2.67. The molecular weight excluding hydrogens is 164 g/mol. The van der Waals surface area contributed by atoms with E-state index in [1.54, 1.807) is 0 Å². The van der Waals surface area contributed by atoms with Crippen LogP contribution < -0.4 is 0 Å². The molecule has 0 amide bonds. The van der Waals surface area contributed by atoms with Crippen LogP contribution in [0.3, 0.4) is 0 Å². The zero-order chi connectivity index (χ0) is 8.65. The van der Waals surface area contributed by atoms with Crippen LogP contribution in [-0.4, -0.2) is 16.9 Å². The van der Waals surface area contributed by atoms with Crippen molar-refractivity contribution in [1.29, 1.82) is 0 Å². The predicted octanol–water partition coefficient (Wildman–Crippen LogP) is 1.96. The molecule has 0 aromatic rings. The molecule has 11 heavy (non-hydrogen) atoms. The molecule has 1 aliphatic rings. The van der Waals surface area contributed by atoms with Gasteiger partial charge in [0.2, 0.25) is 0 Å². The van der Waals surface area contributed by atoms with E-state index in [2.05, 4.69) is 0 Å². The van der Waals surface area contributed by atoms with Gasteiger partial charge in [-0.05, 0) is 27.2 Å². The van der Waals surface area contributed by atoms with Crippen molar-refractivity contribution >= 4 is 17.6 Å². The number of rotatable bonds is 1. The number of hydrogen-bond acceptors (Lipinski definition) is 2. The van der Waals surface area contributed by atoms with Crippen LogP contribution in [0.25, 0.3) is 0 Å². The Morgan fingerprint density at radius 1 is 1.55 bits per heavy atom. The lowest BCUT2D eigenvalue weighted by atomic mass is 10.2. The number of esters is 1. The van der Waals surface area contributed by atoms with Crippen molar-refractivity contribution in [1.82, 2.24) is 0 Å². The minimum atomic E-state index is -0.379. The zero-order valence-corrected chi connectivity index (χ0v) is 7.81. The summed E-state index contributed by atoms with van der Waals surface area (Å²) in [6.45, 7) is 5.57. The predicted molar refractivity (Wildman–Crippen MR) is 43.6 cm³/mol. The molecule has 1 fully saturated rings. The molecule has 0 heterocycles. The lowest BCUT2D eigenvalue weighted by Gasteiger charge is -2.19. The van der Waals surface area contributed by atoms with Crippen molar-refractivity contribution in [2.45, 2.75) is 38.2 Å². The molecule has 1 rings (SSSR count). The summed E-state index contributed by atoms with van der Waals surface area (Å²) in [6, 6.07) is 0. The quantitative estimate of drug-likeness (QED) is 0.451. The highest BCUT2D eigenvalue weighted by atomic mass is 35.5. The Balaban J connectivity index is 2.33. The Labute approximate surface area is 71.9 Å². The van der Waals surface area contributed by atoms with Crippen molar-refractivity contribution in [3.63, 3.8) is 0 Å². The SMILES string of the molecule is CC(C)(C)OC(=O)[C@@H]1C[C@H]1Cl. The number of ether oxygens (including phenoxy) is 1. The van der Waals surface area contributed by atoms with E-state index in [0.717, 1.165) is 6.42 Å². The highest BCUT2D eigenvalue weighted by Crippen LogP contribution is 2.37. The third-order valence-corrected chi connectivity index (χ3v) is 1.90. The molecule has 3 heteroatoms. The number of carbonyl (C=O) groups is 1. The Morgan fingerprint density at radius 2 is 2.00 bits per heavy atom. The van der Waals surface area contributed by atoms with Crippen LogP contribution in [0.15, 0.2) is 0 Å². The minimum absolute atomic E-state index is 0.0184. The number of alkyl halides is 1. The van der Waals surface area contributed by atoms with Gasteiger partial charge in [0.15, 0.2) is 0 Å². The molecule has 0 bridgehead atoms. The highest BCUT2D eigenvalue weighted by Gasteiger charge is 2.44. The summed E-state index contributed by atoms with van der Waals surface area (Å²) < 4.78 is 5.11. The fraction of sp³-hybridized carbons (Fsp3) is 0.875. The van der Waals surface area contributed by atoms with Crippen molar-refractivity contribution in [2.75, 3.05) is 0 Å². The Hall–Kier alpha value is -0.240. The Bertz CT molecular complexity index is 171. The van der Waals surface area contributed by atoms with E-state index in [1.807, 2.05) is 20.8 Å². The van der Waals surface area contributed by atoms with Gasteiger partial charge < -0.3 is 4.74 Å². The molecule has 0 aromatic heterocycles. The average molecular weight is 177 g/mol. The maximum absolute atomic E-state index is 11.1. The van der Waals surface area contributed by atoms with Gasteiger partial charge >= 0.3 is 5.97 Å². The van der Waals surface area contributed by atoms with Crippen LogP contribution in [0.4, 0.5) is 0 Å². The smallest absolute Gasteiger partial charge is 0.311 e. The normalized spacial score (nSPS) is 29.8. The van der Waals surface area contributed by atoms with Gasteiger partial charge in [-0.3, -0.25) is 4.79 Å². The van der Waals surface area contributed by atoms with Crippen LogP contribution in [0.5, 0.6) is 0 Å². The van der Waals surface area contributed by atoms with Gasteiger partial charge in [0.25, 0.3) is 0 Å². The van der Waals surface area contributed by atoms with Gasteiger partial charge in [-0.25, -0.2) is 0 Å². The summed E-state index contributed by atoms with van der Waals surface area (Å²) in [5.41, 5.74) is -0.379. The molecule has 0 spiro atoms. The summed E-state index contributed by atoms with van der Waals surface area (Å²) in [7, 11) is 0. The van der Waals surface area contributed by atoms with Gasteiger partial charge in [0.1, 0.15) is 5.60 Å². The third kappa shape index (κ3) is 2.70. The molecule has 0 aliphatic heterocycles. The summed E-state index contributed by atoms with van der Waals surface area (Å²) in [4.78, 5) is 11.1. The first kappa shape index (κ1) is 8.85. The minimum Gasteiger partial charge on any atom is -0.460 e. The van der Waals surface area contributed by atoms with Crippen molar-refractivity contribution in [2.24, 2.45) is 5.92 Å². The fourth-order valence-corrected chi connectivity index (χ4v) is 1.08. The first-order valence-electron chi connectivity index (χ1n) is 3.77. The molecular formula is C8H13ClO2. The second-order valence-corrected chi connectivity index (χ2v) is 4.45. The Morgan fingerprint density at radius 3 is 2.27 bits per heavy atom. The molecule has 0 aromatic carbocycles. The van der Waals surface area contributed by atoms with Gasteiger partial charge in [-0.15, -0.1) is 11.6 Å². The molecule has 2 nitrogen and oxygen atoms in total. The van der Waals surface area contributed by atoms with E-state index in [9.17, 15) is 4.79 Å². The van der Waals surface area contributed by atoms with E-state index >= 15 is 0 Å². The maximum Gasteiger partial charge on any atom is 0.311 e. The maximum atomic E-state index is 11.1. The van der Waals surface area contributed by atoms with E-state index < -0.39 is 0 Å². The van der Waals surface area contributed by atoms with Crippen molar-refractivity contribution in [3.8, 4) is 0 Å². The first-order chi connectivity index (χ1) is 4.90. The number of halogens is 1. The highest BCUT2D eigenvalue weighted by molar-refractivity contribution is 6.24. The molecule has 0 radical (unpaired) electrons. The van der Waals surface area contributed by atoms with Gasteiger partial charge in [0.05, 0.1) is 5.92 Å². The summed E-state index contributed by atoms with van der Waals surface area (Å²) in [5.74, 6) is -0.201. The average Bonchev–Trinajstić information content (AvgIpc) is 2.41. The topological polar surface area (TPSA) is 26.3 Å². The molecule has 0 unspecified atom stereocenters. The second-order valence-electron chi connectivity index (χ2n) is 3.89. The van der Waals surface area contributed by atoms with Crippen molar-refractivity contribution in [3.05, 3.63) is 0 Å². The molecule has 1 aliphatic carbocycles. The molecule has 1 saturated carbocycles. The van der Waals surface area contributed by atoms with Crippen LogP contribution in [0, 0.1) is 5.92 Å². The number of carbonyl (C=O) groups excluding carboxylic acids is 1. The largest absolute Gasteiger partial charge is 0.460 e. The van der Waals surface area contributed by atoms with Crippen LogP contribution in [-0.2, 0) is 9.53 Å². The molecule has 64 valence electrons. The van der Waals surface area contributed by atoms with E-state index in [4.69, 9.17) is 16.3 Å². The van der Waals surface area contributed by atoms with E-state index in [1.165, 1.54) is 0 Å². The molecule has 2 atom stereocenters. The Kier molecular flexibility index (Phi) is 2.15. The van der Waals surface area contributed by atoms with Gasteiger partial charge in [-0.1, -0.05) is 0 Å². The first-order valence-corrected chi connectivity index (χ1v) is 4.21. The van der Waals surface area contributed by atoms with Crippen LogP contribution in [0.2, 0.25) is 0 Å². The monoisotopic (exact) mass is 176 g/mol. The number of hydrogen-bond donors (Lipinski definition) is 0. The van der Waals surface area contributed by atoms with E-state index in [-0.39, 0.29) is 22.9 Å². The van der Waals surface area contributed by atoms with Gasteiger partial charge in [0, 0.05) is 5.38 Å². The summed E-state index contributed by atoms with van der Waals surface area (Å²) >= 11 is 5.67. The van der Waals surface area contributed by atoms with Crippen molar-refractivity contribution < 1.29 is 9.53 Å². The summed E-state index contributed by atoms with van der Waals surface area (Å²) in [5, 5.41) is 0.0184. The third-order valence-electron chi connectivity index (χ3n) is 1.42. The van der Waals surface area contributed by atoms with Crippen LogP contribution >= 0.6 is 11.6 Å². The lowest BCUT2D eigenvalue weighted by Crippen LogP contribution is -2.25. The fourth-order valence-electron chi connectivity index (χ4n) is 0.785. The molecule has 0 N–H and O–H groups in total. The van der Waals surface area contributed by atoms with E-state index in [0.29, 0.717) is 0 Å². The lowest BCUT2D eigenvalue weighted by molar-refractivity contribution is -0.156. The standard InChI is InChI=1S/C8H13ClO2/c1-8(2,3)11-7(10)5-4-6(5)9/h5-6H,4H2,1-3H3/t5-,6-/m1/s1. The van der Waals surface area contributed by atoms with Gasteiger partial charge in [-0.2, -0.15) is 0 Å². The summed E-state index contributed by atoms with van der Waals surface area (Å²) in [6.07, 6.45) is 0.774. The zero-order valence-electron chi connectivity index (χ0n) is 7.06. The molecule has 0 saturated heterocycles. The van der Waals surface area contributed by atoms with Crippen LogP contribution in [0.1, 0.15) is 27.2 Å².